The topological polar surface area (TPSA) is 98.9 Å². The summed E-state index contributed by atoms with van der Waals surface area (Å²) in [6.45, 7) is 5.74. The van der Waals surface area contributed by atoms with Crippen LogP contribution >= 0.6 is 11.6 Å². The number of amides is 3. The predicted octanol–water partition coefficient (Wildman–Crippen LogP) is 3.98. The first kappa shape index (κ1) is 19.9. The van der Waals surface area contributed by atoms with Crippen LogP contribution in [-0.4, -0.2) is 21.9 Å². The minimum Gasteiger partial charge on any atom is -0.343 e. The summed E-state index contributed by atoms with van der Waals surface area (Å²) in [5.74, 6) is 0.423. The number of nitrogens with zero attached hydrogens (tertiary/aromatic N) is 1. The van der Waals surface area contributed by atoms with E-state index < -0.39 is 12.1 Å². The Kier molecular flexibility index (Phi) is 6.04. The first-order valence-electron chi connectivity index (χ1n) is 9.29. The van der Waals surface area contributed by atoms with Gasteiger partial charge in [-0.1, -0.05) is 37.1 Å². The smallest absolute Gasteiger partial charge is 0.319 e. The van der Waals surface area contributed by atoms with Crippen LogP contribution in [0.2, 0.25) is 5.15 Å². The minimum atomic E-state index is -0.714. The van der Waals surface area contributed by atoms with Crippen LogP contribution < -0.4 is 16.0 Å². The maximum absolute atomic E-state index is 13.0. The summed E-state index contributed by atoms with van der Waals surface area (Å²) in [5.41, 5.74) is 3.08. The molecule has 0 saturated carbocycles. The molecule has 8 heteroatoms. The van der Waals surface area contributed by atoms with Gasteiger partial charge >= 0.3 is 6.03 Å². The molecule has 1 aliphatic heterocycles. The van der Waals surface area contributed by atoms with Gasteiger partial charge in [-0.3, -0.25) is 4.79 Å². The molecule has 0 spiro atoms. The van der Waals surface area contributed by atoms with Crippen LogP contribution in [-0.2, 0) is 11.2 Å². The third-order valence-electron chi connectivity index (χ3n) is 4.58. The number of urea groups is 1. The molecular weight excluding hydrogens is 378 g/mol. The Hall–Kier alpha value is -2.80. The zero-order valence-electron chi connectivity index (χ0n) is 16.1. The Morgan fingerprint density at radius 1 is 1.32 bits per heavy atom. The van der Waals surface area contributed by atoms with E-state index in [4.69, 9.17) is 11.6 Å². The van der Waals surface area contributed by atoms with Crippen LogP contribution in [0.25, 0.3) is 0 Å². The molecule has 0 bridgehead atoms. The van der Waals surface area contributed by atoms with Gasteiger partial charge in [0.2, 0.25) is 0 Å². The first-order chi connectivity index (χ1) is 13.4. The SMILES string of the molecule is CCCCc1nc(Cl)c(C2NC(=O)NC(C)=C2C(=O)Nc2cccc(C)c2)[nH]1. The van der Waals surface area contributed by atoms with Crippen molar-refractivity contribution >= 4 is 29.2 Å². The highest BCUT2D eigenvalue weighted by molar-refractivity contribution is 6.30. The Labute approximate surface area is 169 Å². The quantitative estimate of drug-likeness (QED) is 0.589. The van der Waals surface area contributed by atoms with Gasteiger partial charge in [0.15, 0.2) is 5.15 Å². The Balaban J connectivity index is 1.92. The van der Waals surface area contributed by atoms with Crippen molar-refractivity contribution in [2.24, 2.45) is 0 Å². The molecule has 1 aromatic heterocycles. The van der Waals surface area contributed by atoms with Crippen molar-refractivity contribution in [3.8, 4) is 0 Å². The maximum atomic E-state index is 13.0. The van der Waals surface area contributed by atoms with E-state index in [1.54, 1.807) is 6.92 Å². The molecular formula is C20H24ClN5O2. The number of hydrogen-bond acceptors (Lipinski definition) is 3. The highest BCUT2D eigenvalue weighted by Crippen LogP contribution is 2.31. The van der Waals surface area contributed by atoms with Crippen molar-refractivity contribution in [2.45, 2.75) is 46.1 Å². The summed E-state index contributed by atoms with van der Waals surface area (Å²) >= 11 is 6.34. The highest BCUT2D eigenvalue weighted by Gasteiger charge is 2.34. The van der Waals surface area contributed by atoms with Gasteiger partial charge in [-0.15, -0.1) is 0 Å². The number of aromatic amines is 1. The number of imidazole rings is 1. The van der Waals surface area contributed by atoms with Crippen molar-refractivity contribution in [2.75, 3.05) is 5.32 Å². The van der Waals surface area contributed by atoms with Crippen LogP contribution in [0, 0.1) is 6.92 Å². The normalized spacial score (nSPS) is 16.6. The number of rotatable bonds is 6. The zero-order chi connectivity index (χ0) is 20.3. The van der Waals surface area contributed by atoms with E-state index in [1.807, 2.05) is 31.2 Å². The predicted molar refractivity (Wildman–Crippen MR) is 109 cm³/mol. The molecule has 1 unspecified atom stereocenters. The second-order valence-corrected chi connectivity index (χ2v) is 7.24. The Bertz CT molecular complexity index is 934. The van der Waals surface area contributed by atoms with E-state index in [0.29, 0.717) is 22.7 Å². The standard InChI is InChI=1S/C20H24ClN5O2/c1-4-5-9-14-24-17(18(21)25-14)16-15(12(3)22-20(28)26-16)19(27)23-13-8-6-7-11(2)10-13/h6-8,10,16H,4-5,9H2,1-3H3,(H,23,27)(H,24,25)(H2,22,26,28). The van der Waals surface area contributed by atoms with Gasteiger partial charge in [-0.05, 0) is 38.0 Å². The molecule has 1 atom stereocenters. The van der Waals surface area contributed by atoms with Crippen molar-refractivity contribution in [3.63, 3.8) is 0 Å². The third kappa shape index (κ3) is 4.36. The molecule has 0 fully saturated rings. The monoisotopic (exact) mass is 401 g/mol. The summed E-state index contributed by atoms with van der Waals surface area (Å²) in [6.07, 6.45) is 2.75. The number of unbranched alkanes of at least 4 members (excludes halogenated alkanes) is 1. The molecule has 2 aromatic rings. The summed E-state index contributed by atoms with van der Waals surface area (Å²) in [5, 5.41) is 8.59. The zero-order valence-corrected chi connectivity index (χ0v) is 16.9. The van der Waals surface area contributed by atoms with Gasteiger partial charge in [0.05, 0.1) is 11.3 Å². The number of anilines is 1. The number of allylic oxidation sites excluding steroid dienone is 1. The molecule has 0 radical (unpaired) electrons. The average Bonchev–Trinajstić information content (AvgIpc) is 2.99. The van der Waals surface area contributed by atoms with Crippen LogP contribution in [0.1, 0.15) is 49.8 Å². The minimum absolute atomic E-state index is 0.256. The largest absolute Gasteiger partial charge is 0.343 e. The molecule has 4 N–H and O–H groups in total. The van der Waals surface area contributed by atoms with Crippen molar-refractivity contribution in [1.29, 1.82) is 0 Å². The Morgan fingerprint density at radius 3 is 2.82 bits per heavy atom. The van der Waals surface area contributed by atoms with Crippen LogP contribution in [0.15, 0.2) is 35.5 Å². The molecule has 28 heavy (non-hydrogen) atoms. The molecule has 1 aliphatic rings. The fourth-order valence-corrected chi connectivity index (χ4v) is 3.46. The van der Waals surface area contributed by atoms with Gasteiger partial charge < -0.3 is 20.9 Å². The lowest BCUT2D eigenvalue weighted by atomic mass is 9.99. The second-order valence-electron chi connectivity index (χ2n) is 6.89. The maximum Gasteiger partial charge on any atom is 0.319 e. The lowest BCUT2D eigenvalue weighted by molar-refractivity contribution is -0.113. The number of H-pyrrole nitrogens is 1. The molecule has 2 heterocycles. The van der Waals surface area contributed by atoms with E-state index in [9.17, 15) is 9.59 Å². The van der Waals surface area contributed by atoms with Crippen LogP contribution in [0.5, 0.6) is 0 Å². The number of benzene rings is 1. The van der Waals surface area contributed by atoms with Gasteiger partial charge in [0.25, 0.3) is 5.91 Å². The fourth-order valence-electron chi connectivity index (χ4n) is 3.20. The van der Waals surface area contributed by atoms with Gasteiger partial charge in [0.1, 0.15) is 11.9 Å². The average molecular weight is 402 g/mol. The van der Waals surface area contributed by atoms with E-state index in [1.165, 1.54) is 0 Å². The van der Waals surface area contributed by atoms with Crippen molar-refractivity contribution in [3.05, 3.63) is 57.8 Å². The number of carbonyl (C=O) groups is 2. The second kappa shape index (κ2) is 8.48. The van der Waals surface area contributed by atoms with Gasteiger partial charge in [-0.2, -0.15) is 0 Å². The van der Waals surface area contributed by atoms with Crippen molar-refractivity contribution in [1.82, 2.24) is 20.6 Å². The first-order valence-corrected chi connectivity index (χ1v) is 9.67. The molecule has 3 rings (SSSR count). The van der Waals surface area contributed by atoms with E-state index in [2.05, 4.69) is 32.8 Å². The lowest BCUT2D eigenvalue weighted by Crippen LogP contribution is -2.46. The summed E-state index contributed by atoms with van der Waals surface area (Å²) in [7, 11) is 0. The highest BCUT2D eigenvalue weighted by atomic mass is 35.5. The molecule has 1 aromatic carbocycles. The number of halogens is 1. The van der Waals surface area contributed by atoms with Gasteiger partial charge in [-0.25, -0.2) is 9.78 Å². The van der Waals surface area contributed by atoms with E-state index >= 15 is 0 Å². The van der Waals surface area contributed by atoms with Crippen LogP contribution in [0.4, 0.5) is 10.5 Å². The third-order valence-corrected chi connectivity index (χ3v) is 4.87. The molecule has 7 nitrogen and oxygen atoms in total. The summed E-state index contributed by atoms with van der Waals surface area (Å²) in [6, 6.07) is 6.41. The number of aryl methyl sites for hydroxylation is 2. The molecule has 3 amide bonds. The number of aromatic nitrogens is 2. The number of carbonyl (C=O) groups excluding carboxylic acids is 2. The number of hydrogen-bond donors (Lipinski definition) is 4. The molecule has 148 valence electrons. The fraction of sp³-hybridized carbons (Fsp3) is 0.350. The van der Waals surface area contributed by atoms with Crippen LogP contribution in [0.3, 0.4) is 0 Å². The summed E-state index contributed by atoms with van der Waals surface area (Å²) in [4.78, 5) is 32.6. The van der Waals surface area contributed by atoms with Crippen molar-refractivity contribution < 1.29 is 9.59 Å². The van der Waals surface area contributed by atoms with E-state index in [-0.39, 0.29) is 11.1 Å². The Morgan fingerprint density at radius 2 is 2.11 bits per heavy atom. The summed E-state index contributed by atoms with van der Waals surface area (Å²) < 4.78 is 0. The molecule has 0 aliphatic carbocycles. The van der Waals surface area contributed by atoms with Gasteiger partial charge in [0, 0.05) is 17.8 Å². The molecule has 0 saturated heterocycles. The lowest BCUT2D eigenvalue weighted by Gasteiger charge is -2.27. The number of nitrogens with one attached hydrogen (secondary N) is 4. The van der Waals surface area contributed by atoms with E-state index in [0.717, 1.165) is 30.7 Å².